The molecule has 0 unspecified atom stereocenters. The SMILES string of the molecule is COc1ccccc1NC(=O)[C@@H]1CCC[C@@H]1CN. The largest absolute Gasteiger partial charge is 0.495 e. The van der Waals surface area contributed by atoms with E-state index in [1.165, 1.54) is 0 Å². The lowest BCUT2D eigenvalue weighted by atomic mass is 9.95. The third kappa shape index (κ3) is 2.64. The van der Waals surface area contributed by atoms with Gasteiger partial charge in [-0.15, -0.1) is 0 Å². The van der Waals surface area contributed by atoms with E-state index in [4.69, 9.17) is 10.5 Å². The maximum atomic E-state index is 12.2. The number of nitrogens with two attached hydrogens (primary N) is 1. The summed E-state index contributed by atoms with van der Waals surface area (Å²) in [5.74, 6) is 1.11. The van der Waals surface area contributed by atoms with Gasteiger partial charge < -0.3 is 15.8 Å². The van der Waals surface area contributed by atoms with Gasteiger partial charge in [-0.3, -0.25) is 4.79 Å². The zero-order valence-corrected chi connectivity index (χ0v) is 10.7. The molecular formula is C14H20N2O2. The number of hydrogen-bond acceptors (Lipinski definition) is 3. The van der Waals surface area contributed by atoms with Gasteiger partial charge in [0.25, 0.3) is 0 Å². The minimum atomic E-state index is 0.0416. The Morgan fingerprint density at radius 3 is 2.94 bits per heavy atom. The highest BCUT2D eigenvalue weighted by atomic mass is 16.5. The number of para-hydroxylation sites is 2. The highest BCUT2D eigenvalue weighted by Gasteiger charge is 2.32. The summed E-state index contributed by atoms with van der Waals surface area (Å²) in [6.07, 6.45) is 3.08. The molecule has 1 aliphatic rings. The third-order valence-electron chi connectivity index (χ3n) is 3.66. The lowest BCUT2D eigenvalue weighted by Gasteiger charge is -2.18. The van der Waals surface area contributed by atoms with Gasteiger partial charge in [0.1, 0.15) is 5.75 Å². The molecule has 0 bridgehead atoms. The van der Waals surface area contributed by atoms with Crippen molar-refractivity contribution in [1.29, 1.82) is 0 Å². The molecule has 1 amide bonds. The van der Waals surface area contributed by atoms with E-state index < -0.39 is 0 Å². The molecule has 0 aromatic heterocycles. The van der Waals surface area contributed by atoms with Crippen molar-refractivity contribution >= 4 is 11.6 Å². The smallest absolute Gasteiger partial charge is 0.227 e. The van der Waals surface area contributed by atoms with Crippen molar-refractivity contribution in [3.05, 3.63) is 24.3 Å². The summed E-state index contributed by atoms with van der Waals surface area (Å²) in [7, 11) is 1.60. The lowest BCUT2D eigenvalue weighted by Crippen LogP contribution is -2.29. The van der Waals surface area contributed by atoms with Gasteiger partial charge in [-0.05, 0) is 37.4 Å². The van der Waals surface area contributed by atoms with Crippen LogP contribution in [0.1, 0.15) is 19.3 Å². The number of benzene rings is 1. The zero-order chi connectivity index (χ0) is 13.0. The minimum absolute atomic E-state index is 0.0416. The first-order valence-corrected chi connectivity index (χ1v) is 6.40. The first-order chi connectivity index (χ1) is 8.76. The Labute approximate surface area is 108 Å². The molecule has 0 radical (unpaired) electrons. The number of rotatable bonds is 4. The molecular weight excluding hydrogens is 228 g/mol. The summed E-state index contributed by atoms with van der Waals surface area (Å²) < 4.78 is 5.22. The van der Waals surface area contributed by atoms with Crippen LogP contribution in [0.5, 0.6) is 5.75 Å². The van der Waals surface area contributed by atoms with Gasteiger partial charge in [0, 0.05) is 5.92 Å². The zero-order valence-electron chi connectivity index (χ0n) is 10.7. The molecule has 0 aliphatic heterocycles. The Hall–Kier alpha value is -1.55. The van der Waals surface area contributed by atoms with E-state index >= 15 is 0 Å². The molecule has 1 aliphatic carbocycles. The van der Waals surface area contributed by atoms with Gasteiger partial charge in [-0.25, -0.2) is 0 Å². The molecule has 18 heavy (non-hydrogen) atoms. The van der Waals surface area contributed by atoms with Gasteiger partial charge in [-0.2, -0.15) is 0 Å². The molecule has 0 heterocycles. The Balaban J connectivity index is 2.07. The van der Waals surface area contributed by atoms with Crippen LogP contribution in [0.15, 0.2) is 24.3 Å². The quantitative estimate of drug-likeness (QED) is 0.856. The summed E-state index contributed by atoms with van der Waals surface area (Å²) in [6.45, 7) is 0.587. The van der Waals surface area contributed by atoms with Crippen molar-refractivity contribution < 1.29 is 9.53 Å². The number of carbonyl (C=O) groups is 1. The molecule has 98 valence electrons. The number of amides is 1. The second kappa shape index (κ2) is 5.87. The van der Waals surface area contributed by atoms with Crippen LogP contribution in [-0.2, 0) is 4.79 Å². The summed E-state index contributed by atoms with van der Waals surface area (Å²) >= 11 is 0. The van der Waals surface area contributed by atoms with Crippen molar-refractivity contribution in [2.45, 2.75) is 19.3 Å². The summed E-state index contributed by atoms with van der Waals surface area (Å²) in [5.41, 5.74) is 6.44. The van der Waals surface area contributed by atoms with Crippen molar-refractivity contribution in [1.82, 2.24) is 0 Å². The van der Waals surface area contributed by atoms with Crippen LogP contribution >= 0.6 is 0 Å². The number of hydrogen-bond donors (Lipinski definition) is 2. The fraction of sp³-hybridized carbons (Fsp3) is 0.500. The van der Waals surface area contributed by atoms with Crippen LogP contribution in [0.3, 0.4) is 0 Å². The van der Waals surface area contributed by atoms with Gasteiger partial charge in [0.2, 0.25) is 5.91 Å². The van der Waals surface area contributed by atoms with E-state index in [-0.39, 0.29) is 11.8 Å². The standard InChI is InChI=1S/C14H20N2O2/c1-18-13-8-3-2-7-12(13)16-14(17)11-6-4-5-10(11)9-15/h2-3,7-8,10-11H,4-6,9,15H2,1H3,(H,16,17)/t10-,11-/m1/s1. The fourth-order valence-electron chi connectivity index (χ4n) is 2.64. The van der Waals surface area contributed by atoms with Crippen LogP contribution in [0.2, 0.25) is 0 Å². The normalized spacial score (nSPS) is 22.8. The second-order valence-electron chi connectivity index (χ2n) is 4.72. The van der Waals surface area contributed by atoms with Gasteiger partial charge in [0.05, 0.1) is 12.8 Å². The van der Waals surface area contributed by atoms with Crippen molar-refractivity contribution in [2.24, 2.45) is 17.6 Å². The average Bonchev–Trinajstić information content (AvgIpc) is 2.87. The van der Waals surface area contributed by atoms with Crippen LogP contribution in [0, 0.1) is 11.8 Å². The molecule has 2 rings (SSSR count). The predicted octanol–water partition coefficient (Wildman–Crippen LogP) is 2.01. The predicted molar refractivity (Wildman–Crippen MR) is 71.5 cm³/mol. The first kappa shape index (κ1) is 12.9. The number of methoxy groups -OCH3 is 1. The molecule has 1 aromatic carbocycles. The molecule has 3 N–H and O–H groups in total. The molecule has 0 spiro atoms. The summed E-state index contributed by atoms with van der Waals surface area (Å²) in [4.78, 5) is 12.2. The number of anilines is 1. The number of carbonyl (C=O) groups excluding carboxylic acids is 1. The van der Waals surface area contributed by atoms with E-state index in [0.29, 0.717) is 18.2 Å². The Morgan fingerprint density at radius 1 is 1.44 bits per heavy atom. The van der Waals surface area contributed by atoms with Crippen molar-refractivity contribution in [3.63, 3.8) is 0 Å². The summed E-state index contributed by atoms with van der Waals surface area (Å²) in [6, 6.07) is 7.45. The summed E-state index contributed by atoms with van der Waals surface area (Å²) in [5, 5.41) is 2.95. The van der Waals surface area contributed by atoms with E-state index in [9.17, 15) is 4.79 Å². The van der Waals surface area contributed by atoms with Crippen LogP contribution in [0.4, 0.5) is 5.69 Å². The first-order valence-electron chi connectivity index (χ1n) is 6.40. The Bertz CT molecular complexity index is 420. The molecule has 2 atom stereocenters. The van der Waals surface area contributed by atoms with E-state index in [0.717, 1.165) is 24.9 Å². The minimum Gasteiger partial charge on any atom is -0.495 e. The van der Waals surface area contributed by atoms with Crippen LogP contribution < -0.4 is 15.8 Å². The van der Waals surface area contributed by atoms with Crippen molar-refractivity contribution in [3.8, 4) is 5.75 Å². The van der Waals surface area contributed by atoms with E-state index in [2.05, 4.69) is 5.32 Å². The number of ether oxygens (including phenoxy) is 1. The lowest BCUT2D eigenvalue weighted by molar-refractivity contribution is -0.120. The monoisotopic (exact) mass is 248 g/mol. The van der Waals surface area contributed by atoms with E-state index in [1.54, 1.807) is 7.11 Å². The van der Waals surface area contributed by atoms with Gasteiger partial charge >= 0.3 is 0 Å². The molecule has 1 saturated carbocycles. The molecule has 0 saturated heterocycles. The molecule has 1 aromatic rings. The maximum Gasteiger partial charge on any atom is 0.227 e. The molecule has 4 nitrogen and oxygen atoms in total. The van der Waals surface area contributed by atoms with Gasteiger partial charge in [-0.1, -0.05) is 18.6 Å². The van der Waals surface area contributed by atoms with E-state index in [1.807, 2.05) is 24.3 Å². The maximum absolute atomic E-state index is 12.2. The van der Waals surface area contributed by atoms with Crippen LogP contribution in [-0.4, -0.2) is 19.6 Å². The highest BCUT2D eigenvalue weighted by Crippen LogP contribution is 2.33. The van der Waals surface area contributed by atoms with Crippen molar-refractivity contribution in [2.75, 3.05) is 19.0 Å². The molecule has 4 heteroatoms. The fourth-order valence-corrected chi connectivity index (χ4v) is 2.64. The topological polar surface area (TPSA) is 64.3 Å². The van der Waals surface area contributed by atoms with Gasteiger partial charge in [0.15, 0.2) is 0 Å². The molecule has 1 fully saturated rings. The Kier molecular flexibility index (Phi) is 4.20. The number of nitrogens with one attached hydrogen (secondary N) is 1. The third-order valence-corrected chi connectivity index (χ3v) is 3.66. The second-order valence-corrected chi connectivity index (χ2v) is 4.72. The average molecular weight is 248 g/mol. The highest BCUT2D eigenvalue weighted by molar-refractivity contribution is 5.94. The Morgan fingerprint density at radius 2 is 2.22 bits per heavy atom. The van der Waals surface area contributed by atoms with Crippen LogP contribution in [0.25, 0.3) is 0 Å².